The fourth-order valence-corrected chi connectivity index (χ4v) is 3.26. The number of rotatable bonds is 6. The fourth-order valence-electron chi connectivity index (χ4n) is 3.13. The van der Waals surface area contributed by atoms with Crippen molar-refractivity contribution in [2.24, 2.45) is 0 Å². The standard InChI is InChI=1S/C24H18ClFN2O4/c1-31-22-13-16(4-11-21(22)32-14-15-2-5-17(25)6-3-15)12-20-23(29)27-28(24(20)30)19-9-7-18(26)8-10-19/h2-13H,14H2,1H3,(H,27,29). The average Bonchev–Trinajstić information content (AvgIpc) is 3.08. The zero-order valence-electron chi connectivity index (χ0n) is 17.0. The smallest absolute Gasteiger partial charge is 0.282 e. The Balaban J connectivity index is 1.53. The number of hydrogen-bond acceptors (Lipinski definition) is 4. The number of methoxy groups -OCH3 is 1. The van der Waals surface area contributed by atoms with E-state index in [2.05, 4.69) is 5.43 Å². The molecular weight excluding hydrogens is 435 g/mol. The molecule has 32 heavy (non-hydrogen) atoms. The second-order valence-electron chi connectivity index (χ2n) is 6.94. The Morgan fingerprint density at radius 2 is 1.72 bits per heavy atom. The van der Waals surface area contributed by atoms with Crippen molar-refractivity contribution >= 4 is 35.2 Å². The predicted molar refractivity (Wildman–Crippen MR) is 119 cm³/mol. The van der Waals surface area contributed by atoms with Gasteiger partial charge in [-0.2, -0.15) is 0 Å². The van der Waals surface area contributed by atoms with E-state index in [1.807, 2.05) is 12.1 Å². The van der Waals surface area contributed by atoms with Gasteiger partial charge in [0.1, 0.15) is 18.0 Å². The van der Waals surface area contributed by atoms with Gasteiger partial charge >= 0.3 is 0 Å². The van der Waals surface area contributed by atoms with Gasteiger partial charge in [0, 0.05) is 5.02 Å². The molecule has 1 aliphatic rings. The first kappa shape index (κ1) is 21.4. The van der Waals surface area contributed by atoms with Gasteiger partial charge < -0.3 is 9.47 Å². The van der Waals surface area contributed by atoms with Gasteiger partial charge in [-0.15, -0.1) is 0 Å². The highest BCUT2D eigenvalue weighted by molar-refractivity contribution is 6.31. The van der Waals surface area contributed by atoms with Crippen LogP contribution in [0.15, 0.2) is 72.3 Å². The Labute approximate surface area is 188 Å². The summed E-state index contributed by atoms with van der Waals surface area (Å²) < 4.78 is 24.4. The molecule has 0 unspecified atom stereocenters. The highest BCUT2D eigenvalue weighted by Gasteiger charge is 2.34. The van der Waals surface area contributed by atoms with Gasteiger partial charge in [-0.3, -0.25) is 15.0 Å². The van der Waals surface area contributed by atoms with E-state index in [-0.39, 0.29) is 5.57 Å². The minimum atomic E-state index is -0.554. The van der Waals surface area contributed by atoms with E-state index in [1.165, 1.54) is 37.5 Å². The van der Waals surface area contributed by atoms with E-state index in [0.717, 1.165) is 10.6 Å². The summed E-state index contributed by atoms with van der Waals surface area (Å²) in [6.07, 6.45) is 1.46. The van der Waals surface area contributed by atoms with Gasteiger partial charge in [0.05, 0.1) is 12.8 Å². The van der Waals surface area contributed by atoms with Crippen LogP contribution in [0.2, 0.25) is 5.02 Å². The largest absolute Gasteiger partial charge is 0.493 e. The predicted octanol–water partition coefficient (Wildman–Crippen LogP) is 4.53. The maximum Gasteiger partial charge on any atom is 0.282 e. The Hall–Kier alpha value is -3.84. The van der Waals surface area contributed by atoms with Crippen LogP contribution in [0.1, 0.15) is 11.1 Å². The highest BCUT2D eigenvalue weighted by Crippen LogP contribution is 2.30. The van der Waals surface area contributed by atoms with Crippen molar-refractivity contribution in [3.8, 4) is 11.5 Å². The van der Waals surface area contributed by atoms with E-state index in [9.17, 15) is 14.0 Å². The molecule has 3 aromatic rings. The van der Waals surface area contributed by atoms with Crippen molar-refractivity contribution in [3.63, 3.8) is 0 Å². The minimum absolute atomic E-state index is 0.0498. The quantitative estimate of drug-likeness (QED) is 0.441. The Bertz CT molecular complexity index is 1190. The zero-order chi connectivity index (χ0) is 22.7. The molecular formula is C24H18ClFN2O4. The SMILES string of the molecule is COc1cc(C=C2C(=O)NN(c3ccc(F)cc3)C2=O)ccc1OCc1ccc(Cl)cc1. The number of anilines is 1. The summed E-state index contributed by atoms with van der Waals surface area (Å²) in [7, 11) is 1.51. The second kappa shape index (κ2) is 9.11. The summed E-state index contributed by atoms with van der Waals surface area (Å²) >= 11 is 5.90. The molecule has 8 heteroatoms. The first-order valence-electron chi connectivity index (χ1n) is 9.62. The number of amides is 2. The van der Waals surface area contributed by atoms with E-state index < -0.39 is 17.6 Å². The summed E-state index contributed by atoms with van der Waals surface area (Å²) in [5, 5.41) is 1.72. The van der Waals surface area contributed by atoms with Crippen molar-refractivity contribution in [2.45, 2.75) is 6.61 Å². The Morgan fingerprint density at radius 3 is 2.41 bits per heavy atom. The molecule has 1 heterocycles. The lowest BCUT2D eigenvalue weighted by Crippen LogP contribution is -2.35. The van der Waals surface area contributed by atoms with Crippen LogP contribution in [0.3, 0.4) is 0 Å². The van der Waals surface area contributed by atoms with E-state index in [1.54, 1.807) is 30.3 Å². The van der Waals surface area contributed by atoms with Crippen LogP contribution in [-0.4, -0.2) is 18.9 Å². The monoisotopic (exact) mass is 452 g/mol. The molecule has 0 spiro atoms. The van der Waals surface area contributed by atoms with Gasteiger partial charge in [-0.05, 0) is 65.7 Å². The van der Waals surface area contributed by atoms with Crippen LogP contribution in [0, 0.1) is 5.82 Å². The molecule has 162 valence electrons. The van der Waals surface area contributed by atoms with Crippen molar-refractivity contribution < 1.29 is 23.5 Å². The lowest BCUT2D eigenvalue weighted by molar-refractivity contribution is -0.117. The maximum absolute atomic E-state index is 13.2. The molecule has 3 aromatic carbocycles. The molecule has 1 saturated heterocycles. The normalized spacial score (nSPS) is 14.6. The van der Waals surface area contributed by atoms with E-state index >= 15 is 0 Å². The molecule has 1 aliphatic heterocycles. The fraction of sp³-hybridized carbons (Fsp3) is 0.0833. The molecule has 6 nitrogen and oxygen atoms in total. The van der Waals surface area contributed by atoms with Crippen LogP contribution in [0.4, 0.5) is 10.1 Å². The van der Waals surface area contributed by atoms with Crippen molar-refractivity contribution in [1.82, 2.24) is 5.43 Å². The first-order valence-corrected chi connectivity index (χ1v) is 10.0. The Kier molecular flexibility index (Phi) is 6.09. The lowest BCUT2D eigenvalue weighted by atomic mass is 10.1. The third-order valence-corrected chi connectivity index (χ3v) is 5.03. The number of carbonyl (C=O) groups is 2. The summed E-state index contributed by atoms with van der Waals surface area (Å²) in [5.41, 5.74) is 4.31. The first-order chi connectivity index (χ1) is 15.4. The molecule has 0 aliphatic carbocycles. The van der Waals surface area contributed by atoms with Gasteiger partial charge in [0.25, 0.3) is 11.8 Å². The molecule has 0 atom stereocenters. The molecule has 2 amide bonds. The minimum Gasteiger partial charge on any atom is -0.493 e. The van der Waals surface area contributed by atoms with E-state index in [0.29, 0.717) is 34.4 Å². The second-order valence-corrected chi connectivity index (χ2v) is 7.38. The third kappa shape index (κ3) is 4.58. The van der Waals surface area contributed by atoms with Crippen LogP contribution >= 0.6 is 11.6 Å². The summed E-state index contributed by atoms with van der Waals surface area (Å²) in [4.78, 5) is 25.1. The number of nitrogens with one attached hydrogen (secondary N) is 1. The van der Waals surface area contributed by atoms with Gasteiger partial charge in [0.15, 0.2) is 11.5 Å². The van der Waals surface area contributed by atoms with Crippen LogP contribution in [-0.2, 0) is 16.2 Å². The summed E-state index contributed by atoms with van der Waals surface area (Å²) in [5.74, 6) is -0.563. The molecule has 0 saturated carbocycles. The number of carbonyl (C=O) groups excluding carboxylic acids is 2. The van der Waals surface area contributed by atoms with Crippen molar-refractivity contribution in [1.29, 1.82) is 0 Å². The molecule has 0 radical (unpaired) electrons. The number of hydrogen-bond donors (Lipinski definition) is 1. The van der Waals surface area contributed by atoms with Gasteiger partial charge in [-0.1, -0.05) is 29.8 Å². The number of benzene rings is 3. The number of ether oxygens (including phenoxy) is 2. The highest BCUT2D eigenvalue weighted by atomic mass is 35.5. The molecule has 4 rings (SSSR count). The van der Waals surface area contributed by atoms with Gasteiger partial charge in [-0.25, -0.2) is 9.40 Å². The van der Waals surface area contributed by atoms with Crippen molar-refractivity contribution in [3.05, 3.63) is 94.3 Å². The van der Waals surface area contributed by atoms with Gasteiger partial charge in [0.2, 0.25) is 0 Å². The Morgan fingerprint density at radius 1 is 1.00 bits per heavy atom. The average molecular weight is 453 g/mol. The summed E-state index contributed by atoms with van der Waals surface area (Å²) in [6, 6.07) is 17.6. The van der Waals surface area contributed by atoms with Crippen LogP contribution in [0.25, 0.3) is 6.08 Å². The van der Waals surface area contributed by atoms with Crippen LogP contribution in [0.5, 0.6) is 11.5 Å². The van der Waals surface area contributed by atoms with Crippen LogP contribution < -0.4 is 19.9 Å². The maximum atomic E-state index is 13.2. The summed E-state index contributed by atoms with van der Waals surface area (Å²) in [6.45, 7) is 0.321. The van der Waals surface area contributed by atoms with Crippen molar-refractivity contribution in [2.75, 3.05) is 12.1 Å². The molecule has 0 bridgehead atoms. The molecule has 1 fully saturated rings. The molecule has 1 N–H and O–H groups in total. The number of halogens is 2. The topological polar surface area (TPSA) is 67.9 Å². The zero-order valence-corrected chi connectivity index (χ0v) is 17.7. The third-order valence-electron chi connectivity index (χ3n) is 4.78. The lowest BCUT2D eigenvalue weighted by Gasteiger charge is -2.14. The molecule has 0 aromatic heterocycles. The number of hydrazine groups is 1. The van der Waals surface area contributed by atoms with E-state index in [4.69, 9.17) is 21.1 Å². The number of nitrogens with zero attached hydrogens (tertiary/aromatic N) is 1.